The molecule has 17 heavy (non-hydrogen) atoms. The zero-order valence-corrected chi connectivity index (χ0v) is 11.1. The Morgan fingerprint density at radius 2 is 2.00 bits per heavy atom. The van der Waals surface area contributed by atoms with Gasteiger partial charge >= 0.3 is 0 Å². The summed E-state index contributed by atoms with van der Waals surface area (Å²) in [7, 11) is 0. The summed E-state index contributed by atoms with van der Waals surface area (Å²) in [4.78, 5) is 13.9. The van der Waals surface area contributed by atoms with E-state index in [0.29, 0.717) is 24.8 Å². The molecule has 0 spiro atoms. The van der Waals surface area contributed by atoms with Crippen molar-refractivity contribution < 1.29 is 9.90 Å². The first-order valence-corrected chi connectivity index (χ1v) is 6.70. The fraction of sp³-hybridized carbons (Fsp3) is 0.923. The number of carbonyl (C=O) groups is 1. The van der Waals surface area contributed by atoms with E-state index in [1.54, 1.807) is 0 Å². The molecule has 0 saturated carbocycles. The van der Waals surface area contributed by atoms with E-state index in [9.17, 15) is 9.90 Å². The topological polar surface area (TPSA) is 66.6 Å². The number of carbonyl (C=O) groups excluding carboxylic acids is 1. The summed E-state index contributed by atoms with van der Waals surface area (Å²) in [5, 5.41) is 9.49. The lowest BCUT2D eigenvalue weighted by atomic mass is 9.92. The average molecular weight is 242 g/mol. The standard InChI is InChI=1S/C13H26N2O2/c1-10(9-14)3-4-13(17)15-7-5-12(6-8-15)11(2)16/h10-12,16H,3-9,14H2,1-2H3. The molecule has 0 aromatic carbocycles. The van der Waals surface area contributed by atoms with Crippen LogP contribution in [0.25, 0.3) is 0 Å². The van der Waals surface area contributed by atoms with E-state index >= 15 is 0 Å². The Balaban J connectivity index is 2.26. The first kappa shape index (κ1) is 14.5. The van der Waals surface area contributed by atoms with Crippen LogP contribution >= 0.6 is 0 Å². The van der Waals surface area contributed by atoms with E-state index in [-0.39, 0.29) is 12.0 Å². The van der Waals surface area contributed by atoms with Crippen LogP contribution in [0, 0.1) is 11.8 Å². The van der Waals surface area contributed by atoms with Crippen molar-refractivity contribution in [1.82, 2.24) is 4.90 Å². The number of rotatable bonds is 5. The summed E-state index contributed by atoms with van der Waals surface area (Å²) in [6, 6.07) is 0. The predicted octanol–water partition coefficient (Wildman–Crippen LogP) is 0.981. The normalized spacial score (nSPS) is 21.3. The van der Waals surface area contributed by atoms with Crippen molar-refractivity contribution in [3.63, 3.8) is 0 Å². The van der Waals surface area contributed by atoms with Gasteiger partial charge in [-0.15, -0.1) is 0 Å². The van der Waals surface area contributed by atoms with E-state index in [4.69, 9.17) is 5.73 Å². The highest BCUT2D eigenvalue weighted by Gasteiger charge is 2.25. The maximum Gasteiger partial charge on any atom is 0.222 e. The van der Waals surface area contributed by atoms with Gasteiger partial charge in [-0.3, -0.25) is 4.79 Å². The highest BCUT2D eigenvalue weighted by Crippen LogP contribution is 2.21. The molecule has 4 nitrogen and oxygen atoms in total. The van der Waals surface area contributed by atoms with Crippen LogP contribution in [0.15, 0.2) is 0 Å². The van der Waals surface area contributed by atoms with Gasteiger partial charge in [0, 0.05) is 19.5 Å². The van der Waals surface area contributed by atoms with Crippen LogP contribution in [-0.2, 0) is 4.79 Å². The lowest BCUT2D eigenvalue weighted by molar-refractivity contribution is -0.133. The molecule has 1 rings (SSSR count). The minimum absolute atomic E-state index is 0.245. The minimum Gasteiger partial charge on any atom is -0.393 e. The number of hydrogen-bond donors (Lipinski definition) is 2. The van der Waals surface area contributed by atoms with Crippen LogP contribution in [-0.4, -0.2) is 41.7 Å². The van der Waals surface area contributed by atoms with Crippen molar-refractivity contribution in [1.29, 1.82) is 0 Å². The van der Waals surface area contributed by atoms with Crippen LogP contribution < -0.4 is 5.73 Å². The Morgan fingerprint density at radius 3 is 2.47 bits per heavy atom. The number of nitrogens with two attached hydrogens (primary N) is 1. The number of nitrogens with zero attached hydrogens (tertiary/aromatic N) is 1. The molecule has 0 aromatic rings. The van der Waals surface area contributed by atoms with Crippen LogP contribution in [0.4, 0.5) is 0 Å². The van der Waals surface area contributed by atoms with Crippen molar-refractivity contribution in [3.8, 4) is 0 Å². The highest BCUT2D eigenvalue weighted by molar-refractivity contribution is 5.76. The van der Waals surface area contributed by atoms with Gasteiger partial charge in [0.1, 0.15) is 0 Å². The van der Waals surface area contributed by atoms with Crippen LogP contribution in [0.2, 0.25) is 0 Å². The summed E-state index contributed by atoms with van der Waals surface area (Å²) in [5.74, 6) is 1.03. The summed E-state index contributed by atoms with van der Waals surface area (Å²) in [5.41, 5.74) is 5.54. The van der Waals surface area contributed by atoms with Crippen molar-refractivity contribution in [3.05, 3.63) is 0 Å². The maximum absolute atomic E-state index is 11.9. The molecule has 2 atom stereocenters. The van der Waals surface area contributed by atoms with E-state index in [0.717, 1.165) is 32.4 Å². The molecule has 4 heteroatoms. The molecule has 0 aliphatic carbocycles. The third-order valence-electron chi connectivity index (χ3n) is 3.83. The molecule has 2 unspecified atom stereocenters. The van der Waals surface area contributed by atoms with E-state index in [1.807, 2.05) is 11.8 Å². The number of hydrogen-bond acceptors (Lipinski definition) is 3. The quantitative estimate of drug-likeness (QED) is 0.755. The molecule has 1 fully saturated rings. The Morgan fingerprint density at radius 1 is 1.41 bits per heavy atom. The van der Waals surface area contributed by atoms with Crippen LogP contribution in [0.5, 0.6) is 0 Å². The number of amides is 1. The first-order chi connectivity index (χ1) is 8.04. The Hall–Kier alpha value is -0.610. The SMILES string of the molecule is CC(CN)CCC(=O)N1CCC(C(C)O)CC1. The second-order valence-corrected chi connectivity index (χ2v) is 5.34. The van der Waals surface area contributed by atoms with Crippen molar-refractivity contribution in [2.24, 2.45) is 17.6 Å². The third kappa shape index (κ3) is 4.64. The number of piperidine rings is 1. The fourth-order valence-electron chi connectivity index (χ4n) is 2.28. The van der Waals surface area contributed by atoms with Crippen molar-refractivity contribution in [2.45, 2.75) is 45.6 Å². The summed E-state index contributed by atoms with van der Waals surface area (Å²) >= 11 is 0. The zero-order valence-electron chi connectivity index (χ0n) is 11.1. The Kier molecular flexibility index (Phi) is 5.92. The molecule has 3 N–H and O–H groups in total. The first-order valence-electron chi connectivity index (χ1n) is 6.70. The van der Waals surface area contributed by atoms with Gasteiger partial charge in [-0.05, 0) is 44.6 Å². The summed E-state index contributed by atoms with van der Waals surface area (Å²) in [6.07, 6.45) is 3.10. The number of likely N-dealkylation sites (tertiary alicyclic amines) is 1. The number of aliphatic hydroxyl groups excluding tert-OH is 1. The average Bonchev–Trinajstić information content (AvgIpc) is 2.35. The molecule has 0 bridgehead atoms. The van der Waals surface area contributed by atoms with E-state index in [1.165, 1.54) is 0 Å². The van der Waals surface area contributed by atoms with Crippen LogP contribution in [0.1, 0.15) is 39.5 Å². The van der Waals surface area contributed by atoms with Gasteiger partial charge in [0.05, 0.1) is 6.10 Å². The second kappa shape index (κ2) is 6.97. The Bertz CT molecular complexity index is 236. The van der Waals surface area contributed by atoms with Crippen molar-refractivity contribution >= 4 is 5.91 Å². The molecular formula is C13H26N2O2. The lowest BCUT2D eigenvalue weighted by Gasteiger charge is -2.33. The molecule has 1 heterocycles. The van der Waals surface area contributed by atoms with Gasteiger partial charge in [-0.2, -0.15) is 0 Å². The number of aliphatic hydroxyl groups is 1. The third-order valence-corrected chi connectivity index (χ3v) is 3.83. The van der Waals surface area contributed by atoms with Gasteiger partial charge in [0.2, 0.25) is 5.91 Å². The molecule has 1 aliphatic heterocycles. The smallest absolute Gasteiger partial charge is 0.222 e. The second-order valence-electron chi connectivity index (χ2n) is 5.34. The summed E-state index contributed by atoms with van der Waals surface area (Å²) < 4.78 is 0. The van der Waals surface area contributed by atoms with Gasteiger partial charge in [-0.1, -0.05) is 6.92 Å². The Labute approximate surface area is 104 Å². The predicted molar refractivity (Wildman–Crippen MR) is 68.4 cm³/mol. The maximum atomic E-state index is 11.9. The van der Waals surface area contributed by atoms with E-state index < -0.39 is 0 Å². The van der Waals surface area contributed by atoms with Gasteiger partial charge in [0.15, 0.2) is 0 Å². The lowest BCUT2D eigenvalue weighted by Crippen LogP contribution is -2.40. The molecule has 0 aromatic heterocycles. The zero-order chi connectivity index (χ0) is 12.8. The largest absolute Gasteiger partial charge is 0.393 e. The van der Waals surface area contributed by atoms with Gasteiger partial charge in [0.25, 0.3) is 0 Å². The van der Waals surface area contributed by atoms with Crippen molar-refractivity contribution in [2.75, 3.05) is 19.6 Å². The summed E-state index contributed by atoms with van der Waals surface area (Å²) in [6.45, 7) is 6.16. The molecule has 1 aliphatic rings. The monoisotopic (exact) mass is 242 g/mol. The molecule has 1 amide bonds. The molecule has 0 radical (unpaired) electrons. The van der Waals surface area contributed by atoms with Gasteiger partial charge < -0.3 is 15.7 Å². The van der Waals surface area contributed by atoms with E-state index in [2.05, 4.69) is 6.92 Å². The van der Waals surface area contributed by atoms with Gasteiger partial charge in [-0.25, -0.2) is 0 Å². The molecular weight excluding hydrogens is 216 g/mol. The highest BCUT2D eigenvalue weighted by atomic mass is 16.3. The molecule has 1 saturated heterocycles. The van der Waals surface area contributed by atoms with Crippen LogP contribution in [0.3, 0.4) is 0 Å². The molecule has 100 valence electrons. The minimum atomic E-state index is -0.246. The fourth-order valence-corrected chi connectivity index (χ4v) is 2.28.